The predicted molar refractivity (Wildman–Crippen MR) is 94.5 cm³/mol. The van der Waals surface area contributed by atoms with Crippen molar-refractivity contribution >= 4 is 38.0 Å². The maximum absolute atomic E-state index is 12.2. The maximum atomic E-state index is 12.2. The molecular weight excluding hydrogens is 346 g/mol. The van der Waals surface area contributed by atoms with E-state index in [1.165, 1.54) is 29.7 Å². The van der Waals surface area contributed by atoms with Crippen molar-refractivity contribution in [2.75, 3.05) is 10.0 Å². The molecule has 8 heteroatoms. The monoisotopic (exact) mass is 363 g/mol. The topological polar surface area (TPSA) is 88.2 Å². The number of Topliss-reactive ketones (excluding diaryl/α,β-unsaturated/α-hetero) is 1. The molecule has 0 unspecified atom stereocenters. The Morgan fingerprint density at radius 2 is 1.88 bits per heavy atom. The number of ketones is 1. The van der Waals surface area contributed by atoms with Gasteiger partial charge in [-0.25, -0.2) is 13.4 Å². The van der Waals surface area contributed by atoms with Crippen molar-refractivity contribution in [3.8, 4) is 0 Å². The molecule has 0 bridgehead atoms. The highest BCUT2D eigenvalue weighted by molar-refractivity contribution is 7.93. The van der Waals surface area contributed by atoms with Crippen LogP contribution in [-0.2, 0) is 14.8 Å². The van der Waals surface area contributed by atoms with Crippen LogP contribution in [0.3, 0.4) is 0 Å². The van der Waals surface area contributed by atoms with E-state index in [2.05, 4.69) is 15.0 Å². The Balaban J connectivity index is 1.69. The summed E-state index contributed by atoms with van der Waals surface area (Å²) in [6, 6.07) is 6.36. The van der Waals surface area contributed by atoms with Crippen molar-refractivity contribution < 1.29 is 13.2 Å². The molecule has 6 nitrogen and oxygen atoms in total. The zero-order chi connectivity index (χ0) is 17.0. The Hall–Kier alpha value is -2.19. The summed E-state index contributed by atoms with van der Waals surface area (Å²) in [5.74, 6) is 0.181. The number of hydrogen-bond acceptors (Lipinski definition) is 6. The molecule has 0 spiro atoms. The van der Waals surface area contributed by atoms with Crippen molar-refractivity contribution in [1.82, 2.24) is 4.98 Å². The molecule has 0 saturated heterocycles. The maximum Gasteiger partial charge on any atom is 0.263 e. The number of sulfonamides is 1. The van der Waals surface area contributed by atoms with Gasteiger partial charge in [-0.05, 0) is 43.5 Å². The number of hydrogen-bond donors (Lipinski definition) is 2. The second-order valence-corrected chi connectivity index (χ2v) is 7.99. The molecule has 1 saturated carbocycles. The van der Waals surface area contributed by atoms with Gasteiger partial charge >= 0.3 is 0 Å². The molecule has 2 aromatic rings. The third-order valence-electron chi connectivity index (χ3n) is 3.69. The molecule has 0 amide bonds. The minimum absolute atomic E-state index is 0.157. The highest BCUT2D eigenvalue weighted by Crippen LogP contribution is 2.22. The number of anilines is 2. The minimum Gasteiger partial charge on any atom is -0.361 e. The van der Waals surface area contributed by atoms with E-state index in [9.17, 15) is 13.2 Å². The molecule has 1 aromatic heterocycles. The quantitative estimate of drug-likeness (QED) is 0.795. The number of thiazole rings is 1. The Bertz CT molecular complexity index is 841. The van der Waals surface area contributed by atoms with Crippen LogP contribution in [0.4, 0.5) is 10.8 Å². The van der Waals surface area contributed by atoms with Crippen LogP contribution in [0.25, 0.3) is 0 Å². The zero-order valence-corrected chi connectivity index (χ0v) is 14.5. The Morgan fingerprint density at radius 1 is 1.12 bits per heavy atom. The molecule has 1 aliphatic rings. The van der Waals surface area contributed by atoms with Crippen LogP contribution in [0.15, 0.2) is 52.5 Å². The molecule has 1 aromatic carbocycles. The van der Waals surface area contributed by atoms with E-state index < -0.39 is 10.0 Å². The van der Waals surface area contributed by atoms with Crippen molar-refractivity contribution in [3.63, 3.8) is 0 Å². The van der Waals surface area contributed by atoms with E-state index in [-0.39, 0.29) is 10.7 Å². The SMILES string of the molecule is O=C1CCCCC1=CNc1ccc(S(=O)(=O)Nc2nccs2)cc1. The van der Waals surface area contributed by atoms with E-state index in [0.717, 1.165) is 30.5 Å². The van der Waals surface area contributed by atoms with Gasteiger partial charge in [0.15, 0.2) is 10.9 Å². The fraction of sp³-hybridized carbons (Fsp3) is 0.250. The van der Waals surface area contributed by atoms with Gasteiger partial charge in [-0.2, -0.15) is 0 Å². The summed E-state index contributed by atoms with van der Waals surface area (Å²) in [4.78, 5) is 15.8. The van der Waals surface area contributed by atoms with Gasteiger partial charge in [0.2, 0.25) is 0 Å². The molecule has 0 aliphatic heterocycles. The van der Waals surface area contributed by atoms with Crippen molar-refractivity contribution in [2.45, 2.75) is 30.6 Å². The molecule has 0 radical (unpaired) electrons. The standard InChI is InChI=1S/C16H17N3O3S2/c20-15-4-2-1-3-12(15)11-18-13-5-7-14(8-6-13)24(21,22)19-16-17-9-10-23-16/h5-11,18H,1-4H2,(H,17,19). The number of nitrogens with one attached hydrogen (secondary N) is 2. The van der Waals surface area contributed by atoms with Gasteiger partial charge in [-0.3, -0.25) is 9.52 Å². The fourth-order valence-corrected chi connectivity index (χ4v) is 4.19. The molecule has 1 fully saturated rings. The number of rotatable bonds is 5. The number of carbonyl (C=O) groups excluding carboxylic acids is 1. The summed E-state index contributed by atoms with van der Waals surface area (Å²) in [5.41, 5.74) is 1.53. The summed E-state index contributed by atoms with van der Waals surface area (Å²) in [6.07, 6.45) is 6.63. The summed E-state index contributed by atoms with van der Waals surface area (Å²) in [6.45, 7) is 0. The second-order valence-electron chi connectivity index (χ2n) is 5.41. The van der Waals surface area contributed by atoms with E-state index >= 15 is 0 Å². The van der Waals surface area contributed by atoms with Gasteiger partial charge < -0.3 is 5.32 Å². The van der Waals surface area contributed by atoms with Gasteiger partial charge in [0.05, 0.1) is 4.90 Å². The average molecular weight is 363 g/mol. The van der Waals surface area contributed by atoms with Crippen molar-refractivity contribution in [3.05, 3.63) is 47.6 Å². The summed E-state index contributed by atoms with van der Waals surface area (Å²) < 4.78 is 26.9. The van der Waals surface area contributed by atoms with Gasteiger partial charge in [0, 0.05) is 35.5 Å². The largest absolute Gasteiger partial charge is 0.361 e. The lowest BCUT2D eigenvalue weighted by molar-refractivity contribution is -0.116. The van der Waals surface area contributed by atoms with Crippen molar-refractivity contribution in [2.24, 2.45) is 0 Å². The van der Waals surface area contributed by atoms with Crippen LogP contribution in [0, 0.1) is 0 Å². The molecule has 0 atom stereocenters. The molecule has 1 heterocycles. The first-order chi connectivity index (χ1) is 11.5. The lowest BCUT2D eigenvalue weighted by Crippen LogP contribution is -2.12. The first-order valence-corrected chi connectivity index (χ1v) is 9.92. The van der Waals surface area contributed by atoms with Gasteiger partial charge in [0.1, 0.15) is 0 Å². The Labute approximate surface area is 144 Å². The van der Waals surface area contributed by atoms with E-state index in [1.807, 2.05) is 0 Å². The lowest BCUT2D eigenvalue weighted by atomic mass is 9.94. The summed E-state index contributed by atoms with van der Waals surface area (Å²) in [7, 11) is -3.64. The normalized spacial score (nSPS) is 17.0. The summed E-state index contributed by atoms with van der Waals surface area (Å²) in [5, 5.41) is 5.09. The molecular formula is C16H17N3O3S2. The number of nitrogens with zero attached hydrogens (tertiary/aromatic N) is 1. The highest BCUT2D eigenvalue weighted by Gasteiger charge is 2.16. The van der Waals surface area contributed by atoms with Crippen LogP contribution < -0.4 is 10.0 Å². The number of benzene rings is 1. The van der Waals surface area contributed by atoms with Gasteiger partial charge in [0.25, 0.3) is 10.0 Å². The lowest BCUT2D eigenvalue weighted by Gasteiger charge is -2.13. The number of aromatic nitrogens is 1. The zero-order valence-electron chi connectivity index (χ0n) is 12.9. The first kappa shape index (κ1) is 16.7. The summed E-state index contributed by atoms with van der Waals surface area (Å²) >= 11 is 1.22. The van der Waals surface area contributed by atoms with E-state index in [0.29, 0.717) is 11.6 Å². The first-order valence-electron chi connectivity index (χ1n) is 7.56. The highest BCUT2D eigenvalue weighted by atomic mass is 32.2. The number of allylic oxidation sites excluding steroid dienone is 1. The van der Waals surface area contributed by atoms with Crippen LogP contribution in [0.2, 0.25) is 0 Å². The van der Waals surface area contributed by atoms with Gasteiger partial charge in [-0.15, -0.1) is 11.3 Å². The van der Waals surface area contributed by atoms with Crippen molar-refractivity contribution in [1.29, 1.82) is 0 Å². The Kier molecular flexibility index (Phi) is 4.96. The third-order valence-corrected chi connectivity index (χ3v) is 5.86. The molecule has 24 heavy (non-hydrogen) atoms. The average Bonchev–Trinajstić information content (AvgIpc) is 3.07. The molecule has 1 aliphatic carbocycles. The Morgan fingerprint density at radius 3 is 2.54 bits per heavy atom. The third kappa shape index (κ3) is 4.01. The molecule has 126 valence electrons. The predicted octanol–water partition coefficient (Wildman–Crippen LogP) is 3.38. The van der Waals surface area contributed by atoms with E-state index in [4.69, 9.17) is 0 Å². The van der Waals surface area contributed by atoms with Crippen LogP contribution in [-0.4, -0.2) is 19.2 Å². The number of carbonyl (C=O) groups is 1. The van der Waals surface area contributed by atoms with Crippen LogP contribution >= 0.6 is 11.3 Å². The van der Waals surface area contributed by atoms with E-state index in [1.54, 1.807) is 23.7 Å². The molecule has 2 N–H and O–H groups in total. The fourth-order valence-electron chi connectivity index (χ4n) is 2.40. The second kappa shape index (κ2) is 7.14. The van der Waals surface area contributed by atoms with Gasteiger partial charge in [-0.1, -0.05) is 0 Å². The minimum atomic E-state index is -3.64. The van der Waals surface area contributed by atoms with Crippen LogP contribution in [0.1, 0.15) is 25.7 Å². The smallest absolute Gasteiger partial charge is 0.263 e. The van der Waals surface area contributed by atoms with Crippen LogP contribution in [0.5, 0.6) is 0 Å². The molecule has 3 rings (SSSR count).